The summed E-state index contributed by atoms with van der Waals surface area (Å²) in [5.41, 5.74) is 2.77. The number of hydrogen-bond acceptors (Lipinski definition) is 8. The maximum atomic E-state index is 11.6. The minimum absolute atomic E-state index is 0.00729. The minimum atomic E-state index is -0.355. The second-order valence-corrected chi connectivity index (χ2v) is 15.8. The molecule has 0 aliphatic carbocycles. The quantitative estimate of drug-likeness (QED) is 0.0514. The van der Waals surface area contributed by atoms with Gasteiger partial charge in [-0.1, -0.05) is 94.7 Å². The number of benzene rings is 2. The lowest BCUT2D eigenvalue weighted by Crippen LogP contribution is -2.33. The fourth-order valence-corrected chi connectivity index (χ4v) is 7.90. The van der Waals surface area contributed by atoms with Crippen LogP contribution in [0.15, 0.2) is 48.5 Å². The summed E-state index contributed by atoms with van der Waals surface area (Å²) in [6.45, 7) is 5.97. The van der Waals surface area contributed by atoms with Crippen molar-refractivity contribution < 1.29 is 19.4 Å². The maximum Gasteiger partial charge on any atom is 0.269 e. The monoisotopic (exact) mass is 863 g/mol. The molecule has 5 rings (SSSR count). The molecule has 11 nitrogen and oxygen atoms in total. The first kappa shape index (κ1) is 44.7. The number of non-ortho nitro benzene ring substituents is 2. The van der Waals surface area contributed by atoms with Gasteiger partial charge < -0.3 is 10.2 Å². The van der Waals surface area contributed by atoms with E-state index in [4.69, 9.17) is 0 Å². The van der Waals surface area contributed by atoms with Crippen LogP contribution in [0.5, 0.6) is 0 Å². The Labute approximate surface area is 332 Å². The molecule has 2 aromatic carbocycles. The van der Waals surface area contributed by atoms with Crippen LogP contribution in [0, 0.1) is 20.2 Å². The number of hydrogen-bond donors (Lipinski definition) is 1. The van der Waals surface area contributed by atoms with E-state index in [1.807, 2.05) is 24.3 Å². The first-order valence-corrected chi connectivity index (χ1v) is 21.8. The highest BCUT2D eigenvalue weighted by atomic mass is 79.9. The van der Waals surface area contributed by atoms with E-state index in [0.29, 0.717) is 31.2 Å². The van der Waals surface area contributed by atoms with E-state index in [1.165, 1.54) is 71.6 Å². The smallest absolute Gasteiger partial charge is 0.269 e. The number of rotatable bonds is 18. The van der Waals surface area contributed by atoms with Crippen LogP contribution >= 0.6 is 31.9 Å². The van der Waals surface area contributed by atoms with Gasteiger partial charge in [0.15, 0.2) is 0 Å². The molecule has 0 bridgehead atoms. The van der Waals surface area contributed by atoms with Gasteiger partial charge in [-0.05, 0) is 107 Å². The molecule has 0 unspecified atom stereocenters. The molecule has 0 spiro atoms. The molecule has 2 aromatic rings. The average Bonchev–Trinajstić information content (AvgIpc) is 3.51. The van der Waals surface area contributed by atoms with Gasteiger partial charge >= 0.3 is 0 Å². The van der Waals surface area contributed by atoms with Crippen LogP contribution in [-0.2, 0) is 9.59 Å². The van der Waals surface area contributed by atoms with Gasteiger partial charge in [-0.25, -0.2) is 0 Å². The van der Waals surface area contributed by atoms with Crippen LogP contribution in [-0.4, -0.2) is 81.4 Å². The van der Waals surface area contributed by atoms with Crippen molar-refractivity contribution >= 4 is 55.0 Å². The van der Waals surface area contributed by atoms with Gasteiger partial charge in [-0.3, -0.25) is 34.7 Å². The Kier molecular flexibility index (Phi) is 22.0. The molecular formula is C40H59Br2N5O6. The SMILES string of the molecule is BrCCCCCCCBr.O=C1CCC(=O)N1CCCCCCCN1CCC(c2ccc([N+](=O)[O-])cc2)CC1.O=[N+]([O-])c1ccc(C2CCNCC2)cc1. The molecule has 3 saturated heterocycles. The number of nitro benzene ring substituents is 2. The third-order valence-corrected chi connectivity index (χ3v) is 11.5. The second-order valence-electron chi connectivity index (χ2n) is 14.2. The van der Waals surface area contributed by atoms with Gasteiger partial charge in [-0.15, -0.1) is 0 Å². The number of nitrogens with zero attached hydrogens (tertiary/aromatic N) is 4. The number of nitro groups is 2. The molecule has 0 aromatic heterocycles. The van der Waals surface area contributed by atoms with Crippen LogP contribution in [0.3, 0.4) is 0 Å². The van der Waals surface area contributed by atoms with Crippen molar-refractivity contribution in [2.75, 3.05) is 49.9 Å². The fraction of sp³-hybridized carbons (Fsp3) is 0.650. The Morgan fingerprint density at radius 1 is 0.585 bits per heavy atom. The number of halogens is 2. The predicted octanol–water partition coefficient (Wildman–Crippen LogP) is 9.66. The van der Waals surface area contributed by atoms with E-state index in [9.17, 15) is 29.8 Å². The topological polar surface area (TPSA) is 139 Å². The minimum Gasteiger partial charge on any atom is -0.317 e. The predicted molar refractivity (Wildman–Crippen MR) is 219 cm³/mol. The van der Waals surface area contributed by atoms with Crippen molar-refractivity contribution in [3.63, 3.8) is 0 Å². The maximum absolute atomic E-state index is 11.6. The molecular weight excluding hydrogens is 806 g/mol. The van der Waals surface area contributed by atoms with Crippen molar-refractivity contribution in [2.24, 2.45) is 0 Å². The van der Waals surface area contributed by atoms with Crippen LogP contribution in [0.4, 0.5) is 11.4 Å². The zero-order valence-corrected chi connectivity index (χ0v) is 34.4. The summed E-state index contributed by atoms with van der Waals surface area (Å²) in [7, 11) is 0. The molecule has 2 amide bonds. The Bertz CT molecular complexity index is 1340. The zero-order chi connectivity index (χ0) is 38.3. The van der Waals surface area contributed by atoms with E-state index < -0.39 is 0 Å². The largest absolute Gasteiger partial charge is 0.317 e. The lowest BCUT2D eigenvalue weighted by atomic mass is 9.89. The van der Waals surface area contributed by atoms with Gasteiger partial charge in [0.05, 0.1) is 9.85 Å². The van der Waals surface area contributed by atoms with Crippen molar-refractivity contribution in [3.05, 3.63) is 79.9 Å². The number of alkyl halides is 2. The molecule has 0 radical (unpaired) electrons. The molecule has 0 atom stereocenters. The van der Waals surface area contributed by atoms with E-state index in [0.717, 1.165) is 77.7 Å². The highest BCUT2D eigenvalue weighted by molar-refractivity contribution is 9.09. The highest BCUT2D eigenvalue weighted by Crippen LogP contribution is 2.30. The standard InChI is InChI=1S/C22H31N3O4.C11H14N2O2.C7H14Br2/c26-21-10-11-22(27)24(21)15-5-3-1-2-4-14-23-16-12-19(13-17-23)18-6-8-20(9-7-18)25(28)29;14-13(15)11-3-1-9(2-4-11)10-5-7-12-8-6-10;8-6-4-2-1-3-5-7-9/h6-9,19H,1-5,10-17H2;1-4,10,12H,5-8H2;1-7H2. The van der Waals surface area contributed by atoms with Crippen molar-refractivity contribution in [1.29, 1.82) is 0 Å². The number of imide groups is 1. The number of unbranched alkanes of at least 4 members (excludes halogenated alkanes) is 8. The third-order valence-electron chi connectivity index (χ3n) is 10.4. The molecule has 294 valence electrons. The number of nitrogens with one attached hydrogen (secondary N) is 1. The third kappa shape index (κ3) is 17.1. The number of piperidine rings is 2. The highest BCUT2D eigenvalue weighted by Gasteiger charge is 2.28. The average molecular weight is 866 g/mol. The molecule has 0 saturated carbocycles. The second kappa shape index (κ2) is 26.1. The Balaban J connectivity index is 0.000000260. The Hall–Kier alpha value is -2.74. The van der Waals surface area contributed by atoms with Crippen LogP contribution in [0.2, 0.25) is 0 Å². The van der Waals surface area contributed by atoms with Gasteiger partial charge in [0, 0.05) is 54.3 Å². The van der Waals surface area contributed by atoms with Crippen molar-refractivity contribution in [1.82, 2.24) is 15.1 Å². The number of amides is 2. The molecule has 3 aliphatic rings. The van der Waals surface area contributed by atoms with Crippen LogP contribution < -0.4 is 5.32 Å². The Morgan fingerprint density at radius 3 is 1.42 bits per heavy atom. The summed E-state index contributed by atoms with van der Waals surface area (Å²) in [6, 6.07) is 14.0. The van der Waals surface area contributed by atoms with Crippen LogP contribution in [0.25, 0.3) is 0 Å². The van der Waals surface area contributed by atoms with E-state index >= 15 is 0 Å². The summed E-state index contributed by atoms with van der Waals surface area (Å²) in [5, 5.41) is 26.9. The summed E-state index contributed by atoms with van der Waals surface area (Å²) >= 11 is 6.82. The van der Waals surface area contributed by atoms with Gasteiger partial charge in [-0.2, -0.15) is 0 Å². The molecule has 3 aliphatic heterocycles. The Morgan fingerprint density at radius 2 is 0.981 bits per heavy atom. The molecule has 53 heavy (non-hydrogen) atoms. The van der Waals surface area contributed by atoms with Gasteiger partial charge in [0.25, 0.3) is 11.4 Å². The van der Waals surface area contributed by atoms with E-state index in [1.54, 1.807) is 24.3 Å². The van der Waals surface area contributed by atoms with Gasteiger partial charge in [0.1, 0.15) is 0 Å². The lowest BCUT2D eigenvalue weighted by Gasteiger charge is -2.32. The molecule has 13 heteroatoms. The van der Waals surface area contributed by atoms with E-state index in [2.05, 4.69) is 42.1 Å². The number of carbonyl (C=O) groups excluding carboxylic acids is 2. The summed E-state index contributed by atoms with van der Waals surface area (Å²) in [6.07, 6.45) is 17.6. The normalized spacial score (nSPS) is 16.8. The zero-order valence-electron chi connectivity index (χ0n) is 31.2. The summed E-state index contributed by atoms with van der Waals surface area (Å²) < 4.78 is 0. The molecule has 1 N–H and O–H groups in total. The summed E-state index contributed by atoms with van der Waals surface area (Å²) in [4.78, 5) is 47.6. The molecule has 3 fully saturated rings. The van der Waals surface area contributed by atoms with Crippen molar-refractivity contribution in [3.8, 4) is 0 Å². The summed E-state index contributed by atoms with van der Waals surface area (Å²) in [5.74, 6) is 1.05. The van der Waals surface area contributed by atoms with Crippen molar-refractivity contribution in [2.45, 2.75) is 115 Å². The first-order chi connectivity index (χ1) is 25.7. The lowest BCUT2D eigenvalue weighted by molar-refractivity contribution is -0.385. The number of carbonyl (C=O) groups is 2. The van der Waals surface area contributed by atoms with Gasteiger partial charge in [0.2, 0.25) is 11.8 Å². The first-order valence-electron chi connectivity index (χ1n) is 19.6. The molecule has 3 heterocycles. The fourth-order valence-electron chi connectivity index (χ4n) is 7.11. The van der Waals surface area contributed by atoms with E-state index in [-0.39, 0.29) is 33.0 Å². The van der Waals surface area contributed by atoms with Crippen LogP contribution in [0.1, 0.15) is 126 Å². The number of likely N-dealkylation sites (tertiary alicyclic amines) is 2.